The van der Waals surface area contributed by atoms with Gasteiger partial charge in [-0.1, -0.05) is 0 Å². The highest BCUT2D eigenvalue weighted by Crippen LogP contribution is 2.30. The summed E-state index contributed by atoms with van der Waals surface area (Å²) < 4.78 is 15.5. The number of hydrogen-bond acceptors (Lipinski definition) is 6. The molecule has 0 aromatic rings. The van der Waals surface area contributed by atoms with Gasteiger partial charge in [0.2, 0.25) is 0 Å². The zero-order valence-electron chi connectivity index (χ0n) is 8.54. The quantitative estimate of drug-likeness (QED) is 0.537. The van der Waals surface area contributed by atoms with Gasteiger partial charge < -0.3 is 24.4 Å². The van der Waals surface area contributed by atoms with E-state index in [2.05, 4.69) is 0 Å². The molecule has 2 heterocycles. The minimum atomic E-state index is -1.48. The molecule has 86 valence electrons. The molecule has 0 amide bonds. The first kappa shape index (κ1) is 10.8. The number of cyclic esters (lactones) is 1. The number of carbonyl (C=O) groups excluding carboxylic acids is 1. The summed E-state index contributed by atoms with van der Waals surface area (Å²) in [6.45, 7) is 3.69. The third kappa shape index (κ3) is 1.85. The van der Waals surface area contributed by atoms with Crippen LogP contribution in [0, 0.1) is 0 Å². The normalized spacial score (nSPS) is 44.4. The van der Waals surface area contributed by atoms with Crippen molar-refractivity contribution < 1.29 is 29.2 Å². The van der Waals surface area contributed by atoms with Gasteiger partial charge in [-0.3, -0.25) is 0 Å². The number of hydrogen-bond donors (Lipinski definition) is 2. The van der Waals surface area contributed by atoms with E-state index in [-0.39, 0.29) is 6.61 Å². The summed E-state index contributed by atoms with van der Waals surface area (Å²) in [7, 11) is 0. The van der Waals surface area contributed by atoms with Crippen LogP contribution in [0.2, 0.25) is 0 Å². The molecule has 2 fully saturated rings. The molecule has 0 aromatic carbocycles. The Morgan fingerprint density at radius 2 is 2.07 bits per heavy atom. The van der Waals surface area contributed by atoms with Gasteiger partial charge >= 0.3 is 5.97 Å². The molecule has 2 saturated heterocycles. The standard InChI is InChI=1S/C9H14O6/c1-9(2)13-3-4(15-9)7-5(10)6(11)8(12)14-7/h4-7,10-11H,3H2,1-2H3/t4-,5-,6-,7-/m0/s1. The molecule has 0 unspecified atom stereocenters. The molecule has 0 radical (unpaired) electrons. The Balaban J connectivity index is 2.04. The lowest BCUT2D eigenvalue weighted by atomic mass is 10.1. The first-order chi connectivity index (χ1) is 6.91. The maximum Gasteiger partial charge on any atom is 0.338 e. The molecule has 6 heteroatoms. The Morgan fingerprint density at radius 3 is 2.47 bits per heavy atom. The topological polar surface area (TPSA) is 85.2 Å². The first-order valence-electron chi connectivity index (χ1n) is 4.79. The van der Waals surface area contributed by atoms with Crippen LogP contribution in [-0.4, -0.2) is 53.0 Å². The summed E-state index contributed by atoms with van der Waals surface area (Å²) >= 11 is 0. The highest BCUT2D eigenvalue weighted by Gasteiger charge is 2.50. The zero-order chi connectivity index (χ0) is 11.2. The number of ether oxygens (including phenoxy) is 3. The van der Waals surface area contributed by atoms with Crippen LogP contribution in [0.5, 0.6) is 0 Å². The fraction of sp³-hybridized carbons (Fsp3) is 0.889. The number of esters is 1. The third-order valence-electron chi connectivity index (χ3n) is 2.55. The molecule has 2 aliphatic rings. The molecule has 2 aliphatic heterocycles. The van der Waals surface area contributed by atoms with Crippen LogP contribution in [0.25, 0.3) is 0 Å². The fourth-order valence-corrected chi connectivity index (χ4v) is 1.77. The Morgan fingerprint density at radius 1 is 1.40 bits per heavy atom. The maximum absolute atomic E-state index is 11.0. The van der Waals surface area contributed by atoms with E-state index < -0.39 is 36.2 Å². The van der Waals surface area contributed by atoms with Crippen molar-refractivity contribution in [3.63, 3.8) is 0 Å². The summed E-state index contributed by atoms with van der Waals surface area (Å²) in [5, 5.41) is 18.7. The molecule has 0 saturated carbocycles. The summed E-state index contributed by atoms with van der Waals surface area (Å²) in [6, 6.07) is 0. The number of aliphatic hydroxyl groups is 2. The van der Waals surface area contributed by atoms with Crippen molar-refractivity contribution in [2.45, 2.75) is 44.1 Å². The van der Waals surface area contributed by atoms with Gasteiger partial charge in [0.05, 0.1) is 6.61 Å². The molecule has 6 nitrogen and oxygen atoms in total. The van der Waals surface area contributed by atoms with Gasteiger partial charge in [0.15, 0.2) is 18.0 Å². The lowest BCUT2D eigenvalue weighted by molar-refractivity contribution is -0.166. The molecule has 15 heavy (non-hydrogen) atoms. The zero-order valence-corrected chi connectivity index (χ0v) is 8.54. The molecule has 2 N–H and O–H groups in total. The van der Waals surface area contributed by atoms with Gasteiger partial charge in [-0.15, -0.1) is 0 Å². The SMILES string of the molecule is CC1(C)OC[C@@H]([C@@H]2OC(=O)[C@@H](O)[C@@H]2O)O1. The summed E-state index contributed by atoms with van der Waals surface area (Å²) in [5.41, 5.74) is 0. The number of carbonyl (C=O) groups is 1. The molecule has 0 aromatic heterocycles. The molecular formula is C9H14O6. The second kappa shape index (κ2) is 3.41. The monoisotopic (exact) mass is 218 g/mol. The predicted molar refractivity (Wildman–Crippen MR) is 46.8 cm³/mol. The second-order valence-electron chi connectivity index (χ2n) is 4.20. The van der Waals surface area contributed by atoms with Crippen molar-refractivity contribution in [3.05, 3.63) is 0 Å². The Kier molecular flexibility index (Phi) is 2.46. The molecule has 0 bridgehead atoms. The van der Waals surface area contributed by atoms with E-state index in [1.165, 1.54) is 0 Å². The van der Waals surface area contributed by atoms with Crippen LogP contribution in [0.4, 0.5) is 0 Å². The third-order valence-corrected chi connectivity index (χ3v) is 2.55. The molecule has 4 atom stereocenters. The van der Waals surface area contributed by atoms with Crippen LogP contribution in [0.1, 0.15) is 13.8 Å². The number of rotatable bonds is 1. The van der Waals surface area contributed by atoms with Crippen LogP contribution in [-0.2, 0) is 19.0 Å². The Hall–Kier alpha value is -0.690. The van der Waals surface area contributed by atoms with E-state index >= 15 is 0 Å². The average molecular weight is 218 g/mol. The Bertz CT molecular complexity index is 276. The fourth-order valence-electron chi connectivity index (χ4n) is 1.77. The lowest BCUT2D eigenvalue weighted by Crippen LogP contribution is -2.40. The van der Waals surface area contributed by atoms with Crippen LogP contribution in [0.3, 0.4) is 0 Å². The van der Waals surface area contributed by atoms with Gasteiger partial charge in [-0.25, -0.2) is 4.79 Å². The largest absolute Gasteiger partial charge is 0.455 e. The average Bonchev–Trinajstić information content (AvgIpc) is 2.62. The first-order valence-corrected chi connectivity index (χ1v) is 4.79. The second-order valence-corrected chi connectivity index (χ2v) is 4.20. The molecule has 0 spiro atoms. The van der Waals surface area contributed by atoms with Gasteiger partial charge in [-0.05, 0) is 13.8 Å². The van der Waals surface area contributed by atoms with Crippen molar-refractivity contribution in [3.8, 4) is 0 Å². The highest BCUT2D eigenvalue weighted by molar-refractivity contribution is 5.77. The Labute approximate surface area is 86.7 Å². The molecular weight excluding hydrogens is 204 g/mol. The van der Waals surface area contributed by atoms with Crippen molar-refractivity contribution in [2.24, 2.45) is 0 Å². The summed E-state index contributed by atoms with van der Waals surface area (Å²) in [6.07, 6.45) is -4.12. The van der Waals surface area contributed by atoms with Crippen LogP contribution < -0.4 is 0 Å². The minimum absolute atomic E-state index is 0.231. The van der Waals surface area contributed by atoms with E-state index in [0.717, 1.165) is 0 Å². The van der Waals surface area contributed by atoms with Crippen molar-refractivity contribution >= 4 is 5.97 Å². The highest BCUT2D eigenvalue weighted by atomic mass is 16.8. The maximum atomic E-state index is 11.0. The van der Waals surface area contributed by atoms with Crippen LogP contribution >= 0.6 is 0 Å². The van der Waals surface area contributed by atoms with E-state index in [0.29, 0.717) is 0 Å². The lowest BCUT2D eigenvalue weighted by Gasteiger charge is -2.21. The van der Waals surface area contributed by atoms with E-state index in [4.69, 9.17) is 14.2 Å². The van der Waals surface area contributed by atoms with Gasteiger partial charge in [0.1, 0.15) is 12.2 Å². The summed E-state index contributed by atoms with van der Waals surface area (Å²) in [5.74, 6) is -1.56. The van der Waals surface area contributed by atoms with Crippen molar-refractivity contribution in [2.75, 3.05) is 6.61 Å². The number of aliphatic hydroxyl groups excluding tert-OH is 2. The molecule has 0 aliphatic carbocycles. The van der Waals surface area contributed by atoms with E-state index in [9.17, 15) is 15.0 Å². The van der Waals surface area contributed by atoms with Gasteiger partial charge in [-0.2, -0.15) is 0 Å². The van der Waals surface area contributed by atoms with Gasteiger partial charge in [0.25, 0.3) is 0 Å². The summed E-state index contributed by atoms with van der Waals surface area (Å²) in [4.78, 5) is 11.0. The smallest absolute Gasteiger partial charge is 0.338 e. The van der Waals surface area contributed by atoms with Crippen molar-refractivity contribution in [1.82, 2.24) is 0 Å². The predicted octanol–water partition coefficient (Wildman–Crippen LogP) is -1.21. The van der Waals surface area contributed by atoms with Crippen molar-refractivity contribution in [1.29, 1.82) is 0 Å². The van der Waals surface area contributed by atoms with Crippen LogP contribution in [0.15, 0.2) is 0 Å². The minimum Gasteiger partial charge on any atom is -0.455 e. The van der Waals surface area contributed by atoms with Gasteiger partial charge in [0, 0.05) is 0 Å². The molecule has 2 rings (SSSR count). The van der Waals surface area contributed by atoms with E-state index in [1.807, 2.05) is 0 Å². The van der Waals surface area contributed by atoms with E-state index in [1.54, 1.807) is 13.8 Å².